The molecule has 1 nitrogen and oxygen atoms in total. The summed E-state index contributed by atoms with van der Waals surface area (Å²) in [6.07, 6.45) is 49.0. The van der Waals surface area contributed by atoms with Gasteiger partial charge in [-0.1, -0.05) is 156 Å². The predicted molar refractivity (Wildman–Crippen MR) is 234 cm³/mol. The van der Waals surface area contributed by atoms with Crippen LogP contribution in [0.25, 0.3) is 18.2 Å². The fourth-order valence-corrected chi connectivity index (χ4v) is 6.50. The van der Waals surface area contributed by atoms with Crippen LogP contribution in [-0.4, -0.2) is 0 Å². The summed E-state index contributed by atoms with van der Waals surface area (Å²) in [4.78, 5) is 2.30. The summed E-state index contributed by atoms with van der Waals surface area (Å²) in [5.74, 6) is 0.400. The Morgan fingerprint density at radius 1 is 0.527 bits per heavy atom. The number of anilines is 3. The van der Waals surface area contributed by atoms with E-state index in [4.69, 9.17) is 0 Å². The van der Waals surface area contributed by atoms with Gasteiger partial charge in [-0.3, -0.25) is 0 Å². The molecular formula is C54H41N. The molecule has 3 aromatic rings. The van der Waals surface area contributed by atoms with Crippen LogP contribution >= 0.6 is 0 Å². The molecule has 0 aliphatic heterocycles. The van der Waals surface area contributed by atoms with Gasteiger partial charge in [-0.2, -0.15) is 0 Å². The van der Waals surface area contributed by atoms with E-state index in [1.165, 1.54) is 12.0 Å². The molecule has 0 heterocycles. The lowest BCUT2D eigenvalue weighted by atomic mass is 9.84. The van der Waals surface area contributed by atoms with Crippen LogP contribution < -0.4 is 4.90 Å². The number of hydrogen-bond donors (Lipinski definition) is 0. The number of hydrogen-bond acceptors (Lipinski definition) is 1. The second kappa shape index (κ2) is 19.0. The average molecular weight is 704 g/mol. The smallest absolute Gasteiger partial charge is 0.0462 e. The van der Waals surface area contributed by atoms with E-state index in [-0.39, 0.29) is 0 Å². The number of allylic oxidation sites excluding steroid dienone is 23. The molecule has 0 radical (unpaired) electrons. The van der Waals surface area contributed by atoms with Crippen molar-refractivity contribution in [1.29, 1.82) is 0 Å². The Hall–Kier alpha value is -7.24. The zero-order valence-electron chi connectivity index (χ0n) is 30.8. The molecule has 0 bridgehead atoms. The lowest BCUT2D eigenvalue weighted by molar-refractivity contribution is 0.611. The molecule has 0 amide bonds. The van der Waals surface area contributed by atoms with E-state index in [9.17, 15) is 0 Å². The Bertz CT molecular complexity index is 2410. The molecule has 0 saturated heterocycles. The molecule has 0 fully saturated rings. The predicted octanol–water partition coefficient (Wildman–Crippen LogP) is 14.0. The molecule has 4 aliphatic rings. The fourth-order valence-electron chi connectivity index (χ4n) is 6.50. The lowest BCUT2D eigenvalue weighted by Crippen LogP contribution is -2.09. The minimum Gasteiger partial charge on any atom is -0.311 e. The van der Waals surface area contributed by atoms with Crippen molar-refractivity contribution in [3.63, 3.8) is 0 Å². The zero-order chi connectivity index (χ0) is 37.3. The van der Waals surface area contributed by atoms with Crippen molar-refractivity contribution in [2.75, 3.05) is 4.90 Å². The standard InChI is InChI=1S/C54H41N/c1-5-18-44(19-6-1)22-13-15-24-46-32-38-51(39-33-46)55(52-40-34-47(35-41-52)25-16-14-23-45-20-7-2-8-21-45)53-42-36-48(37-43-53)26-17-31-54(49-27-9-3-10-28-49)50-29-11-4-12-30-50/h1-3,5,7,9,11,13-18,20,22-27,29,31-43,50H,4,12,30H2. The quantitative estimate of drug-likeness (QED) is 0.0973. The zero-order valence-corrected chi connectivity index (χ0v) is 30.8. The van der Waals surface area contributed by atoms with Crippen molar-refractivity contribution in [2.24, 2.45) is 5.92 Å². The van der Waals surface area contributed by atoms with Crippen molar-refractivity contribution in [3.05, 3.63) is 262 Å². The SMILES string of the molecule is C1=C=C(C=CC=Cc2ccc(N(c3ccc(C=CC=CC4=C=C=CC=C4)cc3)c3ccc(C=CC=C(C4=C=C=CC=C4)C4C=CCCC4)cc3)cc2)C=CC=1. The first-order valence-electron chi connectivity index (χ1n) is 18.8. The summed E-state index contributed by atoms with van der Waals surface area (Å²) in [7, 11) is 0. The highest BCUT2D eigenvalue weighted by atomic mass is 15.1. The molecule has 7 rings (SSSR count). The van der Waals surface area contributed by atoms with Gasteiger partial charge in [0.1, 0.15) is 0 Å². The highest BCUT2D eigenvalue weighted by molar-refractivity contribution is 5.78. The van der Waals surface area contributed by atoms with Gasteiger partial charge in [0.15, 0.2) is 0 Å². The monoisotopic (exact) mass is 703 g/mol. The third-order valence-corrected chi connectivity index (χ3v) is 9.33. The molecule has 55 heavy (non-hydrogen) atoms. The molecule has 262 valence electrons. The third-order valence-electron chi connectivity index (χ3n) is 9.33. The van der Waals surface area contributed by atoms with Gasteiger partial charge in [0.05, 0.1) is 0 Å². The molecular weight excluding hydrogens is 663 g/mol. The van der Waals surface area contributed by atoms with Crippen molar-refractivity contribution >= 4 is 35.3 Å². The third kappa shape index (κ3) is 10.4. The molecule has 1 heteroatoms. The first-order chi connectivity index (χ1) is 27.3. The second-order valence-electron chi connectivity index (χ2n) is 13.2. The molecule has 4 aliphatic carbocycles. The van der Waals surface area contributed by atoms with Gasteiger partial charge in [0.2, 0.25) is 0 Å². The van der Waals surface area contributed by atoms with Gasteiger partial charge in [-0.25, -0.2) is 0 Å². The van der Waals surface area contributed by atoms with Crippen LogP contribution in [0.15, 0.2) is 245 Å². The number of nitrogens with zero attached hydrogens (tertiary/aromatic N) is 1. The van der Waals surface area contributed by atoms with Crippen LogP contribution in [0.4, 0.5) is 17.1 Å². The van der Waals surface area contributed by atoms with E-state index in [0.29, 0.717) is 5.92 Å². The van der Waals surface area contributed by atoms with Crippen LogP contribution in [0.5, 0.6) is 0 Å². The Balaban J connectivity index is 1.12. The van der Waals surface area contributed by atoms with Gasteiger partial charge >= 0.3 is 0 Å². The fraction of sp³-hybridized carbons (Fsp3) is 0.0741. The van der Waals surface area contributed by atoms with Crippen LogP contribution in [0.1, 0.15) is 36.0 Å². The van der Waals surface area contributed by atoms with E-state index < -0.39 is 0 Å². The van der Waals surface area contributed by atoms with Gasteiger partial charge in [-0.05, 0) is 127 Å². The highest BCUT2D eigenvalue weighted by Gasteiger charge is 2.16. The number of benzene rings is 3. The highest BCUT2D eigenvalue weighted by Crippen LogP contribution is 2.35. The van der Waals surface area contributed by atoms with Gasteiger partial charge in [0, 0.05) is 39.7 Å². The van der Waals surface area contributed by atoms with E-state index in [1.807, 2.05) is 72.9 Å². The minimum atomic E-state index is 0.400. The number of rotatable bonds is 13. The first kappa shape index (κ1) is 36.1. The Labute approximate surface area is 325 Å². The van der Waals surface area contributed by atoms with E-state index in [1.54, 1.807) is 0 Å². The molecule has 0 saturated carbocycles. The maximum absolute atomic E-state index is 3.33. The molecule has 0 aromatic heterocycles. The normalized spacial score (nSPS) is 17.2. The molecule has 0 N–H and O–H groups in total. The molecule has 0 spiro atoms. The van der Waals surface area contributed by atoms with Crippen LogP contribution in [0, 0.1) is 5.92 Å². The van der Waals surface area contributed by atoms with Crippen LogP contribution in [0.2, 0.25) is 0 Å². The van der Waals surface area contributed by atoms with Crippen molar-refractivity contribution in [1.82, 2.24) is 0 Å². The average Bonchev–Trinajstić information content (AvgIpc) is 3.26. The van der Waals surface area contributed by atoms with Gasteiger partial charge < -0.3 is 4.90 Å². The minimum absolute atomic E-state index is 0.400. The van der Waals surface area contributed by atoms with Gasteiger partial charge in [0.25, 0.3) is 0 Å². The summed E-state index contributed by atoms with van der Waals surface area (Å²) in [6.45, 7) is 0. The summed E-state index contributed by atoms with van der Waals surface area (Å²) >= 11 is 0. The Kier molecular flexibility index (Phi) is 12.5. The largest absolute Gasteiger partial charge is 0.311 e. The lowest BCUT2D eigenvalue weighted by Gasteiger charge is -2.26. The maximum Gasteiger partial charge on any atom is 0.0462 e. The Morgan fingerprint density at radius 2 is 1.00 bits per heavy atom. The molecule has 1 atom stereocenters. The van der Waals surface area contributed by atoms with E-state index in [2.05, 4.69) is 173 Å². The summed E-state index contributed by atoms with van der Waals surface area (Å²) < 4.78 is 0. The Morgan fingerprint density at radius 3 is 1.44 bits per heavy atom. The van der Waals surface area contributed by atoms with Gasteiger partial charge in [-0.15, -0.1) is 0 Å². The topological polar surface area (TPSA) is 3.24 Å². The van der Waals surface area contributed by atoms with Crippen LogP contribution in [0.3, 0.4) is 0 Å². The van der Waals surface area contributed by atoms with E-state index in [0.717, 1.165) is 63.3 Å². The van der Waals surface area contributed by atoms with Crippen LogP contribution in [-0.2, 0) is 0 Å². The first-order valence-corrected chi connectivity index (χ1v) is 18.8. The molecule has 3 aromatic carbocycles. The summed E-state index contributed by atoms with van der Waals surface area (Å²) in [5.41, 5.74) is 29.7. The van der Waals surface area contributed by atoms with Crippen molar-refractivity contribution in [3.8, 4) is 0 Å². The summed E-state index contributed by atoms with van der Waals surface area (Å²) in [6, 6.07) is 26.1. The second-order valence-corrected chi connectivity index (χ2v) is 13.2. The van der Waals surface area contributed by atoms with E-state index >= 15 is 0 Å². The molecule has 1 unspecified atom stereocenters. The summed E-state index contributed by atoms with van der Waals surface area (Å²) in [5, 5.41) is 0. The maximum atomic E-state index is 3.33. The van der Waals surface area contributed by atoms with Crippen molar-refractivity contribution in [2.45, 2.75) is 19.3 Å². The van der Waals surface area contributed by atoms with Crippen molar-refractivity contribution < 1.29 is 0 Å².